The molecular formula is C16H22ClF3N2O4. The third-order valence-electron chi connectivity index (χ3n) is 3.75. The third-order valence-corrected chi connectivity index (χ3v) is 3.97. The average molecular weight is 399 g/mol. The molecule has 1 heterocycles. The van der Waals surface area contributed by atoms with E-state index in [9.17, 15) is 13.2 Å². The van der Waals surface area contributed by atoms with Gasteiger partial charge in [-0.2, -0.15) is 13.2 Å². The summed E-state index contributed by atoms with van der Waals surface area (Å²) in [6.07, 6.45) is -5.08. The number of carboxylic acids is 1. The van der Waals surface area contributed by atoms with Gasteiger partial charge in [0.2, 0.25) is 0 Å². The van der Waals surface area contributed by atoms with Gasteiger partial charge in [-0.3, -0.25) is 4.90 Å². The van der Waals surface area contributed by atoms with Gasteiger partial charge in [-0.05, 0) is 13.1 Å². The molecule has 0 saturated carbocycles. The molecule has 6 nitrogen and oxygen atoms in total. The second-order valence-corrected chi connectivity index (χ2v) is 6.12. The Kier molecular flexibility index (Phi) is 8.45. The van der Waals surface area contributed by atoms with Crippen LogP contribution in [0.1, 0.15) is 5.56 Å². The Labute approximate surface area is 155 Å². The van der Waals surface area contributed by atoms with Gasteiger partial charge in [-0.25, -0.2) is 4.79 Å². The second kappa shape index (κ2) is 9.84. The van der Waals surface area contributed by atoms with Gasteiger partial charge in [0.1, 0.15) is 0 Å². The van der Waals surface area contributed by atoms with Crippen LogP contribution in [0.5, 0.6) is 11.5 Å². The fourth-order valence-electron chi connectivity index (χ4n) is 2.37. The first kappa shape index (κ1) is 22.3. The van der Waals surface area contributed by atoms with Crippen LogP contribution in [0.2, 0.25) is 5.02 Å². The molecule has 0 spiro atoms. The minimum atomic E-state index is -5.08. The molecule has 0 radical (unpaired) electrons. The van der Waals surface area contributed by atoms with Crippen LogP contribution in [-0.2, 0) is 11.3 Å². The van der Waals surface area contributed by atoms with Crippen molar-refractivity contribution in [2.75, 3.05) is 47.4 Å². The Morgan fingerprint density at radius 1 is 1.19 bits per heavy atom. The maximum atomic E-state index is 10.6. The summed E-state index contributed by atoms with van der Waals surface area (Å²) >= 11 is 6.14. The number of aliphatic carboxylic acids is 1. The largest absolute Gasteiger partial charge is 0.493 e. The molecular weight excluding hydrogens is 377 g/mol. The van der Waals surface area contributed by atoms with E-state index in [1.807, 2.05) is 6.07 Å². The van der Waals surface area contributed by atoms with Gasteiger partial charge >= 0.3 is 12.1 Å². The van der Waals surface area contributed by atoms with Crippen LogP contribution in [0.15, 0.2) is 12.1 Å². The van der Waals surface area contributed by atoms with Crippen LogP contribution in [0, 0.1) is 0 Å². The van der Waals surface area contributed by atoms with Crippen LogP contribution in [0.25, 0.3) is 0 Å². The lowest BCUT2D eigenvalue weighted by molar-refractivity contribution is -0.192. The van der Waals surface area contributed by atoms with Gasteiger partial charge in [0.15, 0.2) is 11.5 Å². The molecule has 10 heteroatoms. The van der Waals surface area contributed by atoms with Crippen LogP contribution in [0.3, 0.4) is 0 Å². The van der Waals surface area contributed by atoms with Gasteiger partial charge in [0.05, 0.1) is 14.2 Å². The van der Waals surface area contributed by atoms with E-state index in [2.05, 4.69) is 16.8 Å². The number of halogens is 4. The van der Waals surface area contributed by atoms with Gasteiger partial charge in [-0.1, -0.05) is 11.6 Å². The van der Waals surface area contributed by atoms with Crippen LogP contribution in [0.4, 0.5) is 13.2 Å². The molecule has 0 amide bonds. The highest BCUT2D eigenvalue weighted by Crippen LogP contribution is 2.35. The van der Waals surface area contributed by atoms with E-state index in [1.54, 1.807) is 20.3 Å². The van der Waals surface area contributed by atoms with Crippen molar-refractivity contribution >= 4 is 17.6 Å². The number of carbonyl (C=O) groups is 1. The van der Waals surface area contributed by atoms with E-state index in [-0.39, 0.29) is 0 Å². The summed E-state index contributed by atoms with van der Waals surface area (Å²) in [5.41, 5.74) is 1.08. The van der Waals surface area contributed by atoms with Gasteiger partial charge in [-0.15, -0.1) is 0 Å². The summed E-state index contributed by atoms with van der Waals surface area (Å²) in [6.45, 7) is 5.16. The molecule has 1 aromatic rings. The molecule has 1 N–H and O–H groups in total. The predicted molar refractivity (Wildman–Crippen MR) is 91.0 cm³/mol. The highest BCUT2D eigenvalue weighted by atomic mass is 35.5. The summed E-state index contributed by atoms with van der Waals surface area (Å²) in [5.74, 6) is -1.28. The van der Waals surface area contributed by atoms with Gasteiger partial charge in [0.25, 0.3) is 0 Å². The molecule has 1 aromatic carbocycles. The van der Waals surface area contributed by atoms with E-state index < -0.39 is 12.1 Å². The molecule has 0 unspecified atom stereocenters. The lowest BCUT2D eigenvalue weighted by Gasteiger charge is -2.32. The number of ether oxygens (including phenoxy) is 2. The fraction of sp³-hybridized carbons (Fsp3) is 0.562. The Bertz CT molecular complexity index is 606. The Morgan fingerprint density at radius 3 is 2.15 bits per heavy atom. The summed E-state index contributed by atoms with van der Waals surface area (Å²) in [4.78, 5) is 13.6. The number of carboxylic acid groups (broad SMARTS) is 1. The second-order valence-electron chi connectivity index (χ2n) is 5.68. The smallest absolute Gasteiger partial charge is 0.490 e. The van der Waals surface area contributed by atoms with Crippen molar-refractivity contribution in [3.05, 3.63) is 22.7 Å². The number of likely N-dealkylation sites (N-methyl/N-ethyl adjacent to an activating group) is 1. The standard InChI is InChI=1S/C14H21ClN2O2.C2HF3O2/c1-16-4-6-17(7-5-16)10-11-8-12(15)9-13(18-2)14(11)19-3;3-2(4,5)1(6)7/h8-9H,4-7,10H2,1-3H3;(H,6,7). The van der Waals surface area contributed by atoms with Crippen molar-refractivity contribution in [3.8, 4) is 11.5 Å². The van der Waals surface area contributed by atoms with E-state index in [4.69, 9.17) is 31.0 Å². The highest BCUT2D eigenvalue weighted by molar-refractivity contribution is 6.30. The summed E-state index contributed by atoms with van der Waals surface area (Å²) < 4.78 is 42.5. The molecule has 2 rings (SSSR count). The minimum absolute atomic E-state index is 0.682. The van der Waals surface area contributed by atoms with Crippen molar-refractivity contribution in [2.24, 2.45) is 0 Å². The van der Waals surface area contributed by atoms with E-state index in [0.29, 0.717) is 10.8 Å². The number of methoxy groups -OCH3 is 2. The monoisotopic (exact) mass is 398 g/mol. The van der Waals surface area contributed by atoms with E-state index >= 15 is 0 Å². The van der Waals surface area contributed by atoms with E-state index in [0.717, 1.165) is 44.0 Å². The summed E-state index contributed by atoms with van der Waals surface area (Å²) in [5, 5.41) is 7.81. The van der Waals surface area contributed by atoms with Crippen molar-refractivity contribution in [1.82, 2.24) is 9.80 Å². The van der Waals surface area contributed by atoms with Crippen molar-refractivity contribution in [3.63, 3.8) is 0 Å². The number of hydrogen-bond donors (Lipinski definition) is 1. The molecule has 0 aromatic heterocycles. The topological polar surface area (TPSA) is 62.2 Å². The zero-order valence-corrected chi connectivity index (χ0v) is 15.5. The fourth-order valence-corrected chi connectivity index (χ4v) is 2.60. The Hall–Kier alpha value is -1.71. The Balaban J connectivity index is 0.000000412. The molecule has 1 fully saturated rings. The number of rotatable bonds is 4. The summed E-state index contributed by atoms with van der Waals surface area (Å²) in [7, 11) is 5.45. The first-order chi connectivity index (χ1) is 12.1. The number of benzene rings is 1. The molecule has 0 aliphatic carbocycles. The predicted octanol–water partition coefficient (Wildman–Crippen LogP) is 2.74. The molecule has 0 atom stereocenters. The molecule has 26 heavy (non-hydrogen) atoms. The Morgan fingerprint density at radius 2 is 1.73 bits per heavy atom. The number of hydrogen-bond acceptors (Lipinski definition) is 5. The molecule has 0 bridgehead atoms. The van der Waals surface area contributed by atoms with Crippen molar-refractivity contribution < 1.29 is 32.5 Å². The number of alkyl halides is 3. The number of nitrogens with zero attached hydrogens (tertiary/aromatic N) is 2. The quantitative estimate of drug-likeness (QED) is 0.841. The normalized spacial score (nSPS) is 15.8. The first-order valence-corrected chi connectivity index (χ1v) is 8.07. The van der Waals surface area contributed by atoms with Gasteiger partial charge < -0.3 is 19.5 Å². The average Bonchev–Trinajstić information content (AvgIpc) is 2.56. The summed E-state index contributed by atoms with van der Waals surface area (Å²) in [6, 6.07) is 3.75. The third kappa shape index (κ3) is 6.89. The zero-order valence-electron chi connectivity index (χ0n) is 14.8. The van der Waals surface area contributed by atoms with Crippen molar-refractivity contribution in [1.29, 1.82) is 0 Å². The van der Waals surface area contributed by atoms with Crippen molar-refractivity contribution in [2.45, 2.75) is 12.7 Å². The molecule has 1 saturated heterocycles. The molecule has 1 aliphatic rings. The van der Waals surface area contributed by atoms with Crippen LogP contribution in [-0.4, -0.2) is 74.5 Å². The maximum Gasteiger partial charge on any atom is 0.490 e. The molecule has 148 valence electrons. The minimum Gasteiger partial charge on any atom is -0.493 e. The van der Waals surface area contributed by atoms with E-state index in [1.165, 1.54) is 0 Å². The maximum absolute atomic E-state index is 10.6. The zero-order chi connectivity index (χ0) is 19.9. The lowest BCUT2D eigenvalue weighted by Crippen LogP contribution is -2.43. The first-order valence-electron chi connectivity index (χ1n) is 7.70. The molecule has 1 aliphatic heterocycles. The lowest BCUT2D eigenvalue weighted by atomic mass is 10.1. The van der Waals surface area contributed by atoms with Gasteiger partial charge in [0, 0.05) is 49.4 Å². The number of piperazine rings is 1. The highest BCUT2D eigenvalue weighted by Gasteiger charge is 2.38. The van der Waals surface area contributed by atoms with Crippen LogP contribution < -0.4 is 9.47 Å². The SMILES string of the molecule is COc1cc(Cl)cc(CN2CCN(C)CC2)c1OC.O=C(O)C(F)(F)F. The van der Waals surface area contributed by atoms with Crippen LogP contribution >= 0.6 is 11.6 Å².